The number of methoxy groups -OCH3 is 1. The van der Waals surface area contributed by atoms with Crippen LogP contribution in [-0.4, -0.2) is 39.3 Å². The third-order valence-electron chi connectivity index (χ3n) is 5.69. The predicted molar refractivity (Wildman–Crippen MR) is 122 cm³/mol. The van der Waals surface area contributed by atoms with Gasteiger partial charge < -0.3 is 20.1 Å². The van der Waals surface area contributed by atoms with Crippen molar-refractivity contribution >= 4 is 18.3 Å². The van der Waals surface area contributed by atoms with E-state index in [1.54, 1.807) is 7.11 Å². The second kappa shape index (κ2) is 11.9. The minimum absolute atomic E-state index is 0. The van der Waals surface area contributed by atoms with Crippen molar-refractivity contribution in [3.05, 3.63) is 65.7 Å². The first-order valence-corrected chi connectivity index (χ1v) is 10.4. The number of hydrogen-bond acceptors (Lipinski definition) is 4. The first-order valence-electron chi connectivity index (χ1n) is 10.4. The lowest BCUT2D eigenvalue weighted by atomic mass is 9.79. The van der Waals surface area contributed by atoms with E-state index in [0.717, 1.165) is 49.2 Å². The van der Waals surface area contributed by atoms with E-state index in [1.165, 1.54) is 0 Å². The average Bonchev–Trinajstić information content (AvgIpc) is 2.77. The molecular formula is C24H33ClN2O3. The highest BCUT2D eigenvalue weighted by atomic mass is 35.5. The molecule has 1 amide bonds. The topological polar surface area (TPSA) is 59.6 Å². The summed E-state index contributed by atoms with van der Waals surface area (Å²) >= 11 is 0. The van der Waals surface area contributed by atoms with Crippen molar-refractivity contribution in [2.45, 2.75) is 32.3 Å². The lowest BCUT2D eigenvalue weighted by Crippen LogP contribution is -2.48. The number of carbonyl (C=O) groups is 1. The van der Waals surface area contributed by atoms with Crippen LogP contribution in [-0.2, 0) is 16.0 Å². The highest BCUT2D eigenvalue weighted by Crippen LogP contribution is 2.30. The summed E-state index contributed by atoms with van der Waals surface area (Å²) in [6, 6.07) is 17.6. The highest BCUT2D eigenvalue weighted by molar-refractivity contribution is 5.85. The Hall–Kier alpha value is -2.08. The minimum Gasteiger partial charge on any atom is -0.476 e. The molecule has 1 unspecified atom stereocenters. The zero-order valence-electron chi connectivity index (χ0n) is 17.9. The van der Waals surface area contributed by atoms with Crippen molar-refractivity contribution in [2.75, 3.05) is 33.4 Å². The molecule has 2 aromatic rings. The molecule has 1 aliphatic rings. The number of para-hydroxylation sites is 1. The highest BCUT2D eigenvalue weighted by Gasteiger charge is 2.34. The van der Waals surface area contributed by atoms with Crippen LogP contribution in [0.2, 0.25) is 0 Å². The van der Waals surface area contributed by atoms with Crippen LogP contribution in [0, 0.1) is 5.41 Å². The van der Waals surface area contributed by atoms with E-state index in [9.17, 15) is 4.79 Å². The molecule has 2 N–H and O–H groups in total. The lowest BCUT2D eigenvalue weighted by molar-refractivity contribution is -0.129. The minimum atomic E-state index is -0.690. The summed E-state index contributed by atoms with van der Waals surface area (Å²) in [7, 11) is 1.73. The SMILES string of the molecule is CCc1ccccc1OC(C(=O)NCC1(COC)CCNCC1)c1ccccc1.Cl. The molecular weight excluding hydrogens is 400 g/mol. The van der Waals surface area contributed by atoms with Crippen LogP contribution >= 0.6 is 12.4 Å². The van der Waals surface area contributed by atoms with Crippen LogP contribution in [0.25, 0.3) is 0 Å². The summed E-state index contributed by atoms with van der Waals surface area (Å²) in [5, 5.41) is 6.55. The molecule has 5 nitrogen and oxygen atoms in total. The second-order valence-electron chi connectivity index (χ2n) is 7.77. The molecule has 0 aromatic heterocycles. The lowest BCUT2D eigenvalue weighted by Gasteiger charge is -2.37. The number of ether oxygens (including phenoxy) is 2. The van der Waals surface area contributed by atoms with Crippen molar-refractivity contribution in [2.24, 2.45) is 5.41 Å². The van der Waals surface area contributed by atoms with Crippen LogP contribution in [0.15, 0.2) is 54.6 Å². The summed E-state index contributed by atoms with van der Waals surface area (Å²) in [5.41, 5.74) is 1.91. The zero-order chi connectivity index (χ0) is 20.5. The number of hydrogen-bond donors (Lipinski definition) is 2. The number of piperidine rings is 1. The van der Waals surface area contributed by atoms with Crippen LogP contribution in [0.4, 0.5) is 0 Å². The van der Waals surface area contributed by atoms with Crippen molar-refractivity contribution in [1.29, 1.82) is 0 Å². The van der Waals surface area contributed by atoms with Gasteiger partial charge in [-0.15, -0.1) is 12.4 Å². The third-order valence-corrected chi connectivity index (χ3v) is 5.69. The van der Waals surface area contributed by atoms with E-state index in [2.05, 4.69) is 17.6 Å². The second-order valence-corrected chi connectivity index (χ2v) is 7.77. The van der Waals surface area contributed by atoms with E-state index >= 15 is 0 Å². The average molecular weight is 433 g/mol. The molecule has 164 valence electrons. The molecule has 0 radical (unpaired) electrons. The van der Waals surface area contributed by atoms with Gasteiger partial charge in [0.2, 0.25) is 6.10 Å². The fourth-order valence-electron chi connectivity index (χ4n) is 3.94. The van der Waals surface area contributed by atoms with Gasteiger partial charge in [-0.1, -0.05) is 55.5 Å². The number of nitrogens with one attached hydrogen (secondary N) is 2. The molecule has 30 heavy (non-hydrogen) atoms. The first kappa shape index (κ1) is 24.2. The number of rotatable bonds is 9. The summed E-state index contributed by atoms with van der Waals surface area (Å²) < 4.78 is 11.7. The van der Waals surface area contributed by atoms with Gasteiger partial charge >= 0.3 is 0 Å². The molecule has 2 aromatic carbocycles. The molecule has 1 fully saturated rings. The quantitative estimate of drug-likeness (QED) is 0.630. The Balaban J connectivity index is 0.00000320. The number of aryl methyl sites for hydroxylation is 1. The number of halogens is 1. The summed E-state index contributed by atoms with van der Waals surface area (Å²) in [4.78, 5) is 13.2. The Labute approximate surface area is 186 Å². The van der Waals surface area contributed by atoms with E-state index in [1.807, 2.05) is 54.6 Å². The Morgan fingerprint density at radius 3 is 2.43 bits per heavy atom. The summed E-state index contributed by atoms with van der Waals surface area (Å²) in [5.74, 6) is 0.642. The smallest absolute Gasteiger partial charge is 0.265 e. The number of amides is 1. The molecule has 6 heteroatoms. The van der Waals surface area contributed by atoms with Gasteiger partial charge in [0.1, 0.15) is 5.75 Å². The fraction of sp³-hybridized carbons (Fsp3) is 0.458. The summed E-state index contributed by atoms with van der Waals surface area (Å²) in [6.07, 6.45) is 2.13. The van der Waals surface area contributed by atoms with E-state index in [0.29, 0.717) is 13.2 Å². The van der Waals surface area contributed by atoms with Gasteiger partial charge in [-0.25, -0.2) is 0 Å². The van der Waals surface area contributed by atoms with Gasteiger partial charge in [-0.3, -0.25) is 4.79 Å². The standard InChI is InChI=1S/C24H32N2O3.ClH/c1-3-19-9-7-8-12-21(19)29-22(20-10-5-4-6-11-20)23(27)26-17-24(18-28-2)13-15-25-16-14-24;/h4-12,22,25H,3,13-18H2,1-2H3,(H,26,27);1H. The Bertz CT molecular complexity index is 774. The van der Waals surface area contributed by atoms with Crippen LogP contribution < -0.4 is 15.4 Å². The van der Waals surface area contributed by atoms with E-state index < -0.39 is 6.10 Å². The monoisotopic (exact) mass is 432 g/mol. The molecule has 3 rings (SSSR count). The Morgan fingerprint density at radius 1 is 1.10 bits per heavy atom. The maximum atomic E-state index is 13.2. The van der Waals surface area contributed by atoms with Crippen molar-refractivity contribution in [3.8, 4) is 5.75 Å². The fourth-order valence-corrected chi connectivity index (χ4v) is 3.94. The largest absolute Gasteiger partial charge is 0.476 e. The molecule has 1 atom stereocenters. The van der Waals surface area contributed by atoms with Crippen LogP contribution in [0.3, 0.4) is 0 Å². The molecule has 0 saturated carbocycles. The predicted octanol–water partition coefficient (Wildman–Crippen LogP) is 3.92. The molecule has 0 spiro atoms. The zero-order valence-corrected chi connectivity index (χ0v) is 18.7. The first-order chi connectivity index (χ1) is 14.2. The molecule has 1 heterocycles. The van der Waals surface area contributed by atoms with Gasteiger partial charge in [0.15, 0.2) is 0 Å². The molecule has 0 bridgehead atoms. The normalized spacial score (nSPS) is 16.2. The third kappa shape index (κ3) is 6.21. The van der Waals surface area contributed by atoms with Gasteiger partial charge in [0.05, 0.1) is 6.61 Å². The molecule has 1 saturated heterocycles. The van der Waals surface area contributed by atoms with Gasteiger partial charge in [0.25, 0.3) is 5.91 Å². The summed E-state index contributed by atoms with van der Waals surface area (Å²) in [6.45, 7) is 5.21. The van der Waals surface area contributed by atoms with Crippen LogP contribution in [0.5, 0.6) is 5.75 Å². The van der Waals surface area contributed by atoms with Gasteiger partial charge in [0, 0.05) is 24.6 Å². The maximum Gasteiger partial charge on any atom is 0.265 e. The van der Waals surface area contributed by atoms with Crippen molar-refractivity contribution in [3.63, 3.8) is 0 Å². The van der Waals surface area contributed by atoms with E-state index in [4.69, 9.17) is 9.47 Å². The van der Waals surface area contributed by atoms with E-state index in [-0.39, 0.29) is 23.7 Å². The Morgan fingerprint density at radius 2 is 1.77 bits per heavy atom. The van der Waals surface area contributed by atoms with Gasteiger partial charge in [-0.2, -0.15) is 0 Å². The molecule has 0 aliphatic carbocycles. The Kier molecular flexibility index (Phi) is 9.63. The van der Waals surface area contributed by atoms with Crippen LogP contribution in [0.1, 0.15) is 37.0 Å². The van der Waals surface area contributed by atoms with Crippen molar-refractivity contribution in [1.82, 2.24) is 10.6 Å². The van der Waals surface area contributed by atoms with Gasteiger partial charge in [-0.05, 0) is 44.0 Å². The maximum absolute atomic E-state index is 13.2. The number of benzene rings is 2. The van der Waals surface area contributed by atoms with Crippen molar-refractivity contribution < 1.29 is 14.3 Å². The molecule has 1 aliphatic heterocycles. The number of carbonyl (C=O) groups excluding carboxylic acids is 1.